The topological polar surface area (TPSA) is 68.0 Å². The first-order chi connectivity index (χ1) is 12.2. The molecule has 3 rings (SSSR count). The molecule has 26 heavy (non-hydrogen) atoms. The maximum absolute atomic E-state index is 14.3. The lowest BCUT2D eigenvalue weighted by atomic mass is 9.87. The fourth-order valence-corrected chi connectivity index (χ4v) is 3.12. The van der Waals surface area contributed by atoms with Crippen LogP contribution in [0.2, 0.25) is 0 Å². The van der Waals surface area contributed by atoms with Crippen LogP contribution in [0.3, 0.4) is 0 Å². The van der Waals surface area contributed by atoms with E-state index in [2.05, 4.69) is 26.9 Å². The predicted molar refractivity (Wildman–Crippen MR) is 83.6 cm³/mol. The van der Waals surface area contributed by atoms with Crippen molar-refractivity contribution in [2.24, 2.45) is 5.92 Å². The molecule has 1 fully saturated rings. The van der Waals surface area contributed by atoms with Crippen LogP contribution in [0.5, 0.6) is 0 Å². The normalized spacial score (nSPS) is 20.8. The summed E-state index contributed by atoms with van der Waals surface area (Å²) in [5.74, 6) is -2.81. The molecule has 9 heteroatoms. The minimum atomic E-state index is -4.78. The first-order valence-electron chi connectivity index (χ1n) is 8.25. The summed E-state index contributed by atoms with van der Waals surface area (Å²) in [5.41, 5.74) is -0.184. The van der Waals surface area contributed by atoms with Crippen LogP contribution >= 0.6 is 0 Å². The summed E-state index contributed by atoms with van der Waals surface area (Å²) in [6.45, 7) is 2.10. The number of amides is 1. The van der Waals surface area contributed by atoms with Crippen molar-refractivity contribution in [2.45, 2.75) is 44.8 Å². The molecule has 1 amide bonds. The van der Waals surface area contributed by atoms with Gasteiger partial charge in [0.05, 0.1) is 5.56 Å². The number of halogens is 4. The van der Waals surface area contributed by atoms with Crippen molar-refractivity contribution in [2.75, 3.05) is 0 Å². The number of nitrogens with zero attached hydrogens (tertiary/aromatic N) is 2. The van der Waals surface area contributed by atoms with Gasteiger partial charge in [-0.2, -0.15) is 18.2 Å². The van der Waals surface area contributed by atoms with Crippen molar-refractivity contribution < 1.29 is 26.9 Å². The Labute approximate surface area is 146 Å². The lowest BCUT2D eigenvalue weighted by molar-refractivity contribution is -0.159. The average Bonchev–Trinajstić information content (AvgIpc) is 3.05. The van der Waals surface area contributed by atoms with Crippen molar-refractivity contribution in [3.8, 4) is 11.4 Å². The Balaban J connectivity index is 1.75. The monoisotopic (exact) mass is 371 g/mol. The molecule has 2 aromatic rings. The van der Waals surface area contributed by atoms with Gasteiger partial charge in [0.25, 0.3) is 5.91 Å². The highest BCUT2D eigenvalue weighted by Crippen LogP contribution is 2.30. The molecule has 5 nitrogen and oxygen atoms in total. The van der Waals surface area contributed by atoms with E-state index in [-0.39, 0.29) is 17.2 Å². The molecule has 1 aromatic carbocycles. The van der Waals surface area contributed by atoms with E-state index >= 15 is 0 Å². The molecular formula is C17H17F4N3O2. The highest BCUT2D eigenvalue weighted by atomic mass is 19.4. The molecule has 0 radical (unpaired) electrons. The van der Waals surface area contributed by atoms with E-state index in [1.807, 2.05) is 0 Å². The van der Waals surface area contributed by atoms with Gasteiger partial charge in [-0.1, -0.05) is 31.0 Å². The van der Waals surface area contributed by atoms with Gasteiger partial charge in [-0.15, -0.1) is 0 Å². The van der Waals surface area contributed by atoms with Crippen LogP contribution in [0.4, 0.5) is 17.6 Å². The Morgan fingerprint density at radius 3 is 2.69 bits per heavy atom. The molecule has 140 valence electrons. The van der Waals surface area contributed by atoms with E-state index in [1.165, 1.54) is 12.1 Å². The Morgan fingerprint density at radius 2 is 2.08 bits per heavy atom. The first kappa shape index (κ1) is 18.3. The number of carbonyl (C=O) groups excluding carboxylic acids is 1. The summed E-state index contributed by atoms with van der Waals surface area (Å²) in [7, 11) is 0. The molecule has 0 aliphatic heterocycles. The van der Waals surface area contributed by atoms with E-state index in [4.69, 9.17) is 0 Å². The maximum atomic E-state index is 14.3. The van der Waals surface area contributed by atoms with Gasteiger partial charge in [0.1, 0.15) is 5.82 Å². The predicted octanol–water partition coefficient (Wildman–Crippen LogP) is 4.20. The van der Waals surface area contributed by atoms with Crippen LogP contribution < -0.4 is 5.32 Å². The zero-order valence-electron chi connectivity index (χ0n) is 13.9. The summed E-state index contributed by atoms with van der Waals surface area (Å²) in [6.07, 6.45) is -0.971. The van der Waals surface area contributed by atoms with Gasteiger partial charge < -0.3 is 9.84 Å². The number of carbonyl (C=O) groups is 1. The third-order valence-electron chi connectivity index (χ3n) is 4.41. The van der Waals surface area contributed by atoms with Crippen molar-refractivity contribution >= 4 is 5.91 Å². The fraction of sp³-hybridized carbons (Fsp3) is 0.471. The molecule has 0 spiro atoms. The summed E-state index contributed by atoms with van der Waals surface area (Å²) in [6, 6.07) is 3.41. The summed E-state index contributed by atoms with van der Waals surface area (Å²) < 4.78 is 55.9. The molecule has 0 saturated heterocycles. The second-order valence-electron chi connectivity index (χ2n) is 6.56. The quantitative estimate of drug-likeness (QED) is 0.821. The number of nitrogens with one attached hydrogen (secondary N) is 1. The molecule has 1 N–H and O–H groups in total. The van der Waals surface area contributed by atoms with Crippen LogP contribution in [-0.4, -0.2) is 22.1 Å². The molecule has 2 unspecified atom stereocenters. The van der Waals surface area contributed by atoms with Crippen molar-refractivity contribution in [1.82, 2.24) is 15.5 Å². The van der Waals surface area contributed by atoms with Crippen molar-refractivity contribution in [3.05, 3.63) is 35.5 Å². The van der Waals surface area contributed by atoms with E-state index in [0.29, 0.717) is 5.92 Å². The molecule has 2 atom stereocenters. The summed E-state index contributed by atoms with van der Waals surface area (Å²) >= 11 is 0. The van der Waals surface area contributed by atoms with Crippen LogP contribution in [0.1, 0.15) is 48.9 Å². The fourth-order valence-electron chi connectivity index (χ4n) is 3.12. The molecule has 1 saturated carbocycles. The zero-order chi connectivity index (χ0) is 18.9. The maximum Gasteiger partial charge on any atom is 0.471 e. The number of rotatable bonds is 3. The van der Waals surface area contributed by atoms with E-state index < -0.39 is 29.6 Å². The van der Waals surface area contributed by atoms with Gasteiger partial charge in [-0.05, 0) is 30.9 Å². The molecule has 1 aliphatic carbocycles. The SMILES string of the molecule is CC1CCCC(NC(=O)c2ccc(-c3noc(C(F)(F)F)n3)cc2F)C1. The van der Waals surface area contributed by atoms with Gasteiger partial charge in [0.2, 0.25) is 5.82 Å². The highest BCUT2D eigenvalue weighted by Gasteiger charge is 2.38. The minimum Gasteiger partial charge on any atom is -0.349 e. The number of hydrogen-bond donors (Lipinski definition) is 1. The van der Waals surface area contributed by atoms with Crippen LogP contribution in [0.15, 0.2) is 22.7 Å². The number of benzene rings is 1. The minimum absolute atomic E-state index is 0.00289. The van der Waals surface area contributed by atoms with Crippen molar-refractivity contribution in [1.29, 1.82) is 0 Å². The Morgan fingerprint density at radius 1 is 1.31 bits per heavy atom. The van der Waals surface area contributed by atoms with Crippen LogP contribution in [-0.2, 0) is 6.18 Å². The summed E-state index contributed by atoms with van der Waals surface area (Å²) in [5, 5.41) is 6.01. The molecular weight excluding hydrogens is 354 g/mol. The van der Waals surface area contributed by atoms with E-state index in [1.54, 1.807) is 0 Å². The standard InChI is InChI=1S/C17H17F4N3O2/c1-9-3-2-4-11(7-9)22-15(25)12-6-5-10(8-13(12)18)14-23-16(26-24-14)17(19,20)21/h5-6,8-9,11H,2-4,7H2,1H3,(H,22,25). The zero-order valence-corrected chi connectivity index (χ0v) is 13.9. The van der Waals surface area contributed by atoms with Gasteiger partial charge in [0, 0.05) is 11.6 Å². The van der Waals surface area contributed by atoms with Gasteiger partial charge in [-0.3, -0.25) is 4.79 Å². The molecule has 1 aliphatic rings. The number of aromatic nitrogens is 2. The highest BCUT2D eigenvalue weighted by molar-refractivity contribution is 5.95. The third kappa shape index (κ3) is 4.03. The van der Waals surface area contributed by atoms with Crippen LogP contribution in [0.25, 0.3) is 11.4 Å². The third-order valence-corrected chi connectivity index (χ3v) is 4.41. The Kier molecular flexibility index (Phi) is 4.97. The summed E-state index contributed by atoms with van der Waals surface area (Å²) in [4.78, 5) is 15.5. The Hall–Kier alpha value is -2.45. The van der Waals surface area contributed by atoms with Crippen molar-refractivity contribution in [3.63, 3.8) is 0 Å². The second kappa shape index (κ2) is 7.05. The smallest absolute Gasteiger partial charge is 0.349 e. The Bertz CT molecular complexity index is 804. The van der Waals surface area contributed by atoms with E-state index in [0.717, 1.165) is 31.7 Å². The van der Waals surface area contributed by atoms with Gasteiger partial charge in [-0.25, -0.2) is 4.39 Å². The lowest BCUT2D eigenvalue weighted by Crippen LogP contribution is -2.38. The second-order valence-corrected chi connectivity index (χ2v) is 6.56. The van der Waals surface area contributed by atoms with Gasteiger partial charge in [0.15, 0.2) is 0 Å². The largest absolute Gasteiger partial charge is 0.471 e. The van der Waals surface area contributed by atoms with Crippen LogP contribution in [0, 0.1) is 11.7 Å². The molecule has 0 bridgehead atoms. The average molecular weight is 371 g/mol. The number of hydrogen-bond acceptors (Lipinski definition) is 4. The van der Waals surface area contributed by atoms with Gasteiger partial charge >= 0.3 is 12.1 Å². The molecule has 1 heterocycles. The van der Waals surface area contributed by atoms with E-state index in [9.17, 15) is 22.4 Å². The first-order valence-corrected chi connectivity index (χ1v) is 8.25. The number of alkyl halides is 3. The lowest BCUT2D eigenvalue weighted by Gasteiger charge is -2.27. The molecule has 1 aromatic heterocycles.